The maximum atomic E-state index is 13.0. The summed E-state index contributed by atoms with van der Waals surface area (Å²) in [4.78, 5) is 12.6. The molecule has 0 radical (unpaired) electrons. The van der Waals surface area contributed by atoms with Gasteiger partial charge in [0.05, 0.1) is 5.25 Å². The SMILES string of the molecule is CCn1c(S[C@H](C)C(=O)c2ccc(F)cc2)nnc1-c1cccc(Cl)c1. The van der Waals surface area contributed by atoms with Crippen LogP contribution >= 0.6 is 23.4 Å². The van der Waals surface area contributed by atoms with Crippen LogP contribution in [-0.2, 0) is 6.54 Å². The molecule has 134 valence electrons. The van der Waals surface area contributed by atoms with Gasteiger partial charge in [-0.15, -0.1) is 10.2 Å². The molecule has 0 bridgehead atoms. The molecule has 0 fully saturated rings. The highest BCUT2D eigenvalue weighted by Crippen LogP contribution is 2.29. The first-order valence-corrected chi connectivity index (χ1v) is 9.41. The third-order valence-corrected chi connectivity index (χ3v) is 5.21. The van der Waals surface area contributed by atoms with E-state index < -0.39 is 0 Å². The zero-order valence-electron chi connectivity index (χ0n) is 14.3. The van der Waals surface area contributed by atoms with Crippen LogP contribution in [0.1, 0.15) is 24.2 Å². The Morgan fingerprint density at radius 3 is 2.62 bits per heavy atom. The second kappa shape index (κ2) is 8.01. The number of rotatable bonds is 6. The molecule has 0 unspecified atom stereocenters. The van der Waals surface area contributed by atoms with E-state index in [1.54, 1.807) is 6.07 Å². The molecule has 4 nitrogen and oxygen atoms in total. The first-order valence-electron chi connectivity index (χ1n) is 8.15. The van der Waals surface area contributed by atoms with Gasteiger partial charge in [-0.1, -0.05) is 35.5 Å². The zero-order valence-corrected chi connectivity index (χ0v) is 15.9. The maximum Gasteiger partial charge on any atom is 0.192 e. The van der Waals surface area contributed by atoms with Crippen LogP contribution in [0.25, 0.3) is 11.4 Å². The van der Waals surface area contributed by atoms with Crippen LogP contribution in [0.4, 0.5) is 4.39 Å². The van der Waals surface area contributed by atoms with Crippen LogP contribution in [-0.4, -0.2) is 25.8 Å². The lowest BCUT2D eigenvalue weighted by molar-refractivity contribution is 0.0994. The lowest BCUT2D eigenvalue weighted by Gasteiger charge is -2.12. The predicted octanol–water partition coefficient (Wildman–Crippen LogP) is 5.12. The van der Waals surface area contributed by atoms with E-state index in [4.69, 9.17) is 11.6 Å². The van der Waals surface area contributed by atoms with Crippen molar-refractivity contribution in [2.45, 2.75) is 30.8 Å². The van der Waals surface area contributed by atoms with Crippen molar-refractivity contribution in [2.75, 3.05) is 0 Å². The third kappa shape index (κ3) is 3.97. The fourth-order valence-corrected chi connectivity index (χ4v) is 3.74. The predicted molar refractivity (Wildman–Crippen MR) is 102 cm³/mol. The van der Waals surface area contributed by atoms with Gasteiger partial charge in [0.25, 0.3) is 0 Å². The largest absolute Gasteiger partial charge is 0.302 e. The highest BCUT2D eigenvalue weighted by Gasteiger charge is 2.21. The summed E-state index contributed by atoms with van der Waals surface area (Å²) in [5.41, 5.74) is 1.35. The van der Waals surface area contributed by atoms with Crippen LogP contribution in [0.5, 0.6) is 0 Å². The second-order valence-electron chi connectivity index (χ2n) is 5.69. The van der Waals surface area contributed by atoms with Gasteiger partial charge in [-0.05, 0) is 50.2 Å². The van der Waals surface area contributed by atoms with Crippen molar-refractivity contribution in [2.24, 2.45) is 0 Å². The summed E-state index contributed by atoms with van der Waals surface area (Å²) in [5, 5.41) is 9.42. The van der Waals surface area contributed by atoms with Crippen LogP contribution in [0.2, 0.25) is 5.02 Å². The van der Waals surface area contributed by atoms with Crippen molar-refractivity contribution in [3.8, 4) is 11.4 Å². The number of thioether (sulfide) groups is 1. The highest BCUT2D eigenvalue weighted by molar-refractivity contribution is 8.00. The molecule has 1 atom stereocenters. The topological polar surface area (TPSA) is 47.8 Å². The lowest BCUT2D eigenvalue weighted by Crippen LogP contribution is -2.14. The summed E-state index contributed by atoms with van der Waals surface area (Å²) < 4.78 is 15.0. The molecule has 0 aliphatic heterocycles. The van der Waals surface area contributed by atoms with Gasteiger partial charge in [0, 0.05) is 22.7 Å². The average Bonchev–Trinajstić information content (AvgIpc) is 3.04. The number of hydrogen-bond acceptors (Lipinski definition) is 4. The Labute approximate surface area is 160 Å². The molecule has 0 N–H and O–H groups in total. The van der Waals surface area contributed by atoms with Crippen molar-refractivity contribution < 1.29 is 9.18 Å². The van der Waals surface area contributed by atoms with E-state index in [9.17, 15) is 9.18 Å². The molecule has 26 heavy (non-hydrogen) atoms. The molecule has 1 aromatic heterocycles. The molecular weight excluding hydrogens is 373 g/mol. The molecule has 0 aliphatic carbocycles. The first kappa shape index (κ1) is 18.6. The molecule has 0 aliphatic rings. The first-order chi connectivity index (χ1) is 12.5. The Bertz CT molecular complexity index is 927. The number of aromatic nitrogens is 3. The number of benzene rings is 2. The van der Waals surface area contributed by atoms with E-state index in [1.165, 1.54) is 36.0 Å². The van der Waals surface area contributed by atoms with Crippen LogP contribution < -0.4 is 0 Å². The Hall–Kier alpha value is -2.18. The minimum Gasteiger partial charge on any atom is -0.302 e. The second-order valence-corrected chi connectivity index (χ2v) is 7.44. The summed E-state index contributed by atoms with van der Waals surface area (Å²) in [7, 11) is 0. The monoisotopic (exact) mass is 389 g/mol. The fraction of sp³-hybridized carbons (Fsp3) is 0.211. The van der Waals surface area contributed by atoms with Gasteiger partial charge < -0.3 is 4.57 Å². The quantitative estimate of drug-likeness (QED) is 0.433. The number of halogens is 2. The van der Waals surface area contributed by atoms with Crippen molar-refractivity contribution in [1.82, 2.24) is 14.8 Å². The van der Waals surface area contributed by atoms with Gasteiger partial charge in [-0.2, -0.15) is 0 Å². The maximum absolute atomic E-state index is 13.0. The zero-order chi connectivity index (χ0) is 18.7. The molecule has 0 saturated heterocycles. The standard InChI is InChI=1S/C19H17ClFN3OS/c1-3-24-18(14-5-4-6-15(20)11-14)22-23-19(24)26-12(2)17(25)13-7-9-16(21)10-8-13/h4-12H,3H2,1-2H3/t12-/m1/s1. The summed E-state index contributed by atoms with van der Waals surface area (Å²) in [5.74, 6) is 0.266. The van der Waals surface area contributed by atoms with Gasteiger partial charge in [-0.3, -0.25) is 4.79 Å². The summed E-state index contributed by atoms with van der Waals surface area (Å²) in [6, 6.07) is 13.0. The van der Waals surface area contributed by atoms with Crippen LogP contribution in [0.3, 0.4) is 0 Å². The molecule has 0 amide bonds. The number of ketones is 1. The summed E-state index contributed by atoms with van der Waals surface area (Å²) in [6.45, 7) is 4.46. The molecule has 0 saturated carbocycles. The van der Waals surface area contributed by atoms with Crippen molar-refractivity contribution >= 4 is 29.1 Å². The van der Waals surface area contributed by atoms with Crippen molar-refractivity contribution in [3.63, 3.8) is 0 Å². The van der Waals surface area contributed by atoms with E-state index >= 15 is 0 Å². The van der Waals surface area contributed by atoms with Gasteiger partial charge in [0.2, 0.25) is 0 Å². The number of hydrogen-bond donors (Lipinski definition) is 0. The normalized spacial score (nSPS) is 12.2. The molecular formula is C19H17ClFN3OS. The average molecular weight is 390 g/mol. The smallest absolute Gasteiger partial charge is 0.192 e. The van der Waals surface area contributed by atoms with Gasteiger partial charge >= 0.3 is 0 Å². The van der Waals surface area contributed by atoms with E-state index in [-0.39, 0.29) is 16.9 Å². The summed E-state index contributed by atoms with van der Waals surface area (Å²) in [6.07, 6.45) is 0. The van der Waals surface area contributed by atoms with Gasteiger partial charge in [-0.25, -0.2) is 4.39 Å². The minimum atomic E-state index is -0.373. The Kier molecular flexibility index (Phi) is 5.74. The van der Waals surface area contributed by atoms with E-state index in [0.717, 1.165) is 5.56 Å². The van der Waals surface area contributed by atoms with Crippen molar-refractivity contribution in [3.05, 3.63) is 64.9 Å². The van der Waals surface area contributed by atoms with E-state index in [1.807, 2.05) is 36.6 Å². The number of Topliss-reactive ketones (excluding diaryl/α,β-unsaturated/α-hetero) is 1. The lowest BCUT2D eigenvalue weighted by atomic mass is 10.1. The van der Waals surface area contributed by atoms with Crippen LogP contribution in [0.15, 0.2) is 53.7 Å². The molecule has 3 rings (SSSR count). The van der Waals surface area contributed by atoms with Crippen molar-refractivity contribution in [1.29, 1.82) is 0 Å². The third-order valence-electron chi connectivity index (χ3n) is 3.90. The van der Waals surface area contributed by atoms with Crippen LogP contribution in [0, 0.1) is 5.82 Å². The number of carbonyl (C=O) groups excluding carboxylic acids is 1. The Balaban J connectivity index is 1.83. The Morgan fingerprint density at radius 2 is 1.96 bits per heavy atom. The number of nitrogens with zero attached hydrogens (tertiary/aromatic N) is 3. The molecule has 1 heterocycles. The molecule has 2 aromatic carbocycles. The number of carbonyl (C=O) groups is 1. The van der Waals surface area contributed by atoms with E-state index in [2.05, 4.69) is 10.2 Å². The fourth-order valence-electron chi connectivity index (χ4n) is 2.56. The summed E-state index contributed by atoms with van der Waals surface area (Å²) >= 11 is 7.40. The highest BCUT2D eigenvalue weighted by atomic mass is 35.5. The Morgan fingerprint density at radius 1 is 1.23 bits per heavy atom. The molecule has 0 spiro atoms. The van der Waals surface area contributed by atoms with E-state index in [0.29, 0.717) is 28.1 Å². The van der Waals surface area contributed by atoms with Gasteiger partial charge in [0.15, 0.2) is 16.8 Å². The molecule has 3 aromatic rings. The minimum absolute atomic E-state index is 0.0787. The molecule has 7 heteroatoms. The van der Waals surface area contributed by atoms with Gasteiger partial charge in [0.1, 0.15) is 5.82 Å².